The molecule has 2 rings (SSSR count). The van der Waals surface area contributed by atoms with Gasteiger partial charge in [0.05, 0.1) is 5.02 Å². The van der Waals surface area contributed by atoms with Crippen LogP contribution in [0, 0.1) is 0 Å². The minimum atomic E-state index is -4.01. The number of nitrogens with one attached hydrogen (secondary N) is 1. The normalized spacial score (nSPS) is 19.9. The van der Waals surface area contributed by atoms with E-state index < -0.39 is 22.0 Å². The molecule has 1 unspecified atom stereocenters. The molecule has 1 aliphatic heterocycles. The van der Waals surface area contributed by atoms with Crippen LogP contribution in [0.1, 0.15) is 12.8 Å². The van der Waals surface area contributed by atoms with Crippen molar-refractivity contribution in [1.82, 2.24) is 9.62 Å². The first kappa shape index (κ1) is 15.7. The zero-order chi connectivity index (χ0) is 15.8. The summed E-state index contributed by atoms with van der Waals surface area (Å²) < 4.78 is 26.9. The third-order valence-corrected chi connectivity index (χ3v) is 5.15. The van der Waals surface area contributed by atoms with E-state index in [0.29, 0.717) is 0 Å². The number of anilines is 1. The topological polar surface area (TPSA) is 110 Å². The Bertz CT molecular complexity index is 704. The number of nitrogens with zero attached hydrogens (tertiary/aromatic N) is 1. The third-order valence-electron chi connectivity index (χ3n) is 3.19. The smallest absolute Gasteiger partial charge is 0.247 e. The van der Waals surface area contributed by atoms with Gasteiger partial charge >= 0.3 is 0 Å². The van der Waals surface area contributed by atoms with Gasteiger partial charge in [-0.15, -0.1) is 0 Å². The Morgan fingerprint density at radius 3 is 2.71 bits per heavy atom. The van der Waals surface area contributed by atoms with E-state index in [0.717, 1.165) is 4.90 Å². The number of nitrogen functional groups attached to an aromatic ring is 1. The number of imide groups is 1. The minimum absolute atomic E-state index is 0.00406. The van der Waals surface area contributed by atoms with Crippen molar-refractivity contribution in [3.8, 4) is 0 Å². The van der Waals surface area contributed by atoms with Gasteiger partial charge in [0, 0.05) is 19.2 Å². The summed E-state index contributed by atoms with van der Waals surface area (Å²) in [6.07, 6.45) is 0.210. The monoisotopic (exact) mass is 331 g/mol. The molecule has 7 nitrogen and oxygen atoms in total. The molecule has 9 heteroatoms. The zero-order valence-electron chi connectivity index (χ0n) is 11.2. The van der Waals surface area contributed by atoms with Crippen LogP contribution >= 0.6 is 11.6 Å². The van der Waals surface area contributed by atoms with Crippen molar-refractivity contribution < 1.29 is 18.0 Å². The number of likely N-dealkylation sites (N-methyl/N-ethyl adjacent to an activating group) is 1. The molecule has 1 aromatic carbocycles. The highest BCUT2D eigenvalue weighted by Crippen LogP contribution is 2.24. The lowest BCUT2D eigenvalue weighted by atomic mass is 10.1. The highest BCUT2D eigenvalue weighted by Gasteiger charge is 2.35. The molecule has 21 heavy (non-hydrogen) atoms. The van der Waals surface area contributed by atoms with Crippen LogP contribution in [0.3, 0.4) is 0 Å². The maximum absolute atomic E-state index is 12.3. The Hall–Kier alpha value is -1.64. The van der Waals surface area contributed by atoms with E-state index in [4.69, 9.17) is 17.3 Å². The third kappa shape index (κ3) is 3.17. The summed E-state index contributed by atoms with van der Waals surface area (Å²) in [5.41, 5.74) is 5.79. The molecule has 1 aliphatic rings. The number of hydrogen-bond acceptors (Lipinski definition) is 5. The fourth-order valence-electron chi connectivity index (χ4n) is 2.00. The Kier molecular flexibility index (Phi) is 4.22. The molecule has 114 valence electrons. The van der Waals surface area contributed by atoms with Crippen molar-refractivity contribution in [2.75, 3.05) is 12.8 Å². The average molecular weight is 332 g/mol. The fourth-order valence-corrected chi connectivity index (χ4v) is 3.76. The first-order chi connectivity index (χ1) is 9.72. The highest BCUT2D eigenvalue weighted by atomic mass is 35.5. The standard InChI is InChI=1S/C12H14ClN3O4S/c1-16-11(17)5-4-9(12(16)18)15-21(19,20)10-6-7(14)2-3-8(10)13/h2-3,6,9,15H,4-5,14H2,1H3. The van der Waals surface area contributed by atoms with E-state index >= 15 is 0 Å². The Morgan fingerprint density at radius 2 is 2.05 bits per heavy atom. The van der Waals surface area contributed by atoms with Gasteiger partial charge in [-0.1, -0.05) is 11.6 Å². The van der Waals surface area contributed by atoms with E-state index in [2.05, 4.69) is 4.72 Å². The van der Waals surface area contributed by atoms with Crippen molar-refractivity contribution >= 4 is 39.1 Å². The van der Waals surface area contributed by atoms with E-state index in [-0.39, 0.29) is 34.4 Å². The lowest BCUT2D eigenvalue weighted by molar-refractivity contribution is -0.147. The molecule has 1 atom stereocenters. The van der Waals surface area contributed by atoms with Crippen LogP contribution in [0.25, 0.3) is 0 Å². The number of rotatable bonds is 3. The Labute approximate surface area is 127 Å². The first-order valence-corrected chi connectivity index (χ1v) is 7.96. The van der Waals surface area contributed by atoms with Crippen molar-refractivity contribution in [3.63, 3.8) is 0 Å². The van der Waals surface area contributed by atoms with Crippen LogP contribution in [-0.2, 0) is 19.6 Å². The highest BCUT2D eigenvalue weighted by molar-refractivity contribution is 7.89. The number of benzene rings is 1. The molecule has 0 bridgehead atoms. The van der Waals surface area contributed by atoms with Gasteiger partial charge in [0.15, 0.2) is 0 Å². The minimum Gasteiger partial charge on any atom is -0.399 e. The van der Waals surface area contributed by atoms with Crippen molar-refractivity contribution in [2.24, 2.45) is 0 Å². The second-order valence-electron chi connectivity index (χ2n) is 4.69. The van der Waals surface area contributed by atoms with Crippen LogP contribution in [0.2, 0.25) is 5.02 Å². The van der Waals surface area contributed by atoms with Crippen LogP contribution in [-0.4, -0.2) is 38.2 Å². The van der Waals surface area contributed by atoms with Crippen LogP contribution < -0.4 is 10.5 Å². The fraction of sp³-hybridized carbons (Fsp3) is 0.333. The summed E-state index contributed by atoms with van der Waals surface area (Å²) in [7, 11) is -2.69. The van der Waals surface area contributed by atoms with E-state index in [9.17, 15) is 18.0 Å². The summed E-state index contributed by atoms with van der Waals surface area (Å²) in [4.78, 5) is 24.0. The number of halogens is 1. The summed E-state index contributed by atoms with van der Waals surface area (Å²) in [6, 6.07) is 3.06. The number of likely N-dealkylation sites (tertiary alicyclic amines) is 1. The molecule has 0 saturated carbocycles. The average Bonchev–Trinajstić information content (AvgIpc) is 2.42. The number of hydrogen-bond donors (Lipinski definition) is 2. The number of nitrogens with two attached hydrogens (primary N) is 1. The predicted octanol–water partition coefficient (Wildman–Crippen LogP) is 0.348. The van der Waals surface area contributed by atoms with Gasteiger partial charge in [0.2, 0.25) is 21.8 Å². The van der Waals surface area contributed by atoms with Crippen molar-refractivity contribution in [2.45, 2.75) is 23.8 Å². The Morgan fingerprint density at radius 1 is 1.38 bits per heavy atom. The van der Waals surface area contributed by atoms with Crippen molar-refractivity contribution in [3.05, 3.63) is 23.2 Å². The molecule has 1 aromatic rings. The largest absolute Gasteiger partial charge is 0.399 e. The molecule has 3 N–H and O–H groups in total. The van der Waals surface area contributed by atoms with Gasteiger partial charge in [-0.2, -0.15) is 4.72 Å². The lowest BCUT2D eigenvalue weighted by Crippen LogP contribution is -2.52. The van der Waals surface area contributed by atoms with Gasteiger partial charge in [-0.05, 0) is 24.6 Å². The quantitative estimate of drug-likeness (QED) is 0.613. The number of sulfonamides is 1. The lowest BCUT2D eigenvalue weighted by Gasteiger charge is -2.28. The second-order valence-corrected chi connectivity index (χ2v) is 6.78. The molecule has 0 radical (unpaired) electrons. The summed E-state index contributed by atoms with van der Waals surface area (Å²) in [5, 5.41) is 0.00406. The summed E-state index contributed by atoms with van der Waals surface area (Å²) in [6.45, 7) is 0. The molecule has 1 heterocycles. The maximum Gasteiger partial charge on any atom is 0.247 e. The van der Waals surface area contributed by atoms with Gasteiger partial charge in [0.25, 0.3) is 0 Å². The second kappa shape index (κ2) is 5.63. The molecular formula is C12H14ClN3O4S. The van der Waals surface area contributed by atoms with E-state index in [1.54, 1.807) is 0 Å². The molecule has 1 saturated heterocycles. The van der Waals surface area contributed by atoms with E-state index in [1.165, 1.54) is 25.2 Å². The predicted molar refractivity (Wildman–Crippen MR) is 77.0 cm³/mol. The van der Waals surface area contributed by atoms with Gasteiger partial charge < -0.3 is 5.73 Å². The first-order valence-electron chi connectivity index (χ1n) is 6.10. The maximum atomic E-state index is 12.3. The zero-order valence-corrected chi connectivity index (χ0v) is 12.7. The Balaban J connectivity index is 2.28. The summed E-state index contributed by atoms with van der Waals surface area (Å²) >= 11 is 5.86. The molecular weight excluding hydrogens is 318 g/mol. The van der Waals surface area contributed by atoms with Gasteiger partial charge in [0.1, 0.15) is 10.9 Å². The van der Waals surface area contributed by atoms with Gasteiger partial charge in [-0.25, -0.2) is 8.42 Å². The van der Waals surface area contributed by atoms with Crippen LogP contribution in [0.15, 0.2) is 23.1 Å². The van der Waals surface area contributed by atoms with Gasteiger partial charge in [-0.3, -0.25) is 14.5 Å². The van der Waals surface area contributed by atoms with Crippen molar-refractivity contribution in [1.29, 1.82) is 0 Å². The molecule has 0 aromatic heterocycles. The number of carbonyl (C=O) groups is 2. The van der Waals surface area contributed by atoms with Crippen LogP contribution in [0.5, 0.6) is 0 Å². The SMILES string of the molecule is CN1C(=O)CCC(NS(=O)(=O)c2cc(N)ccc2Cl)C1=O. The number of piperidine rings is 1. The molecule has 0 spiro atoms. The van der Waals surface area contributed by atoms with Crippen LogP contribution in [0.4, 0.5) is 5.69 Å². The number of amides is 2. The number of carbonyl (C=O) groups excluding carboxylic acids is 2. The van der Waals surface area contributed by atoms with E-state index in [1.807, 2.05) is 0 Å². The molecule has 0 aliphatic carbocycles. The molecule has 2 amide bonds. The summed E-state index contributed by atoms with van der Waals surface area (Å²) in [5.74, 6) is -0.924. The molecule has 1 fully saturated rings.